The maximum absolute atomic E-state index is 13.3. The summed E-state index contributed by atoms with van der Waals surface area (Å²) in [5.74, 6) is -0.364. The van der Waals surface area contributed by atoms with Crippen LogP contribution >= 0.6 is 0 Å². The molecule has 0 saturated heterocycles. The third-order valence-corrected chi connectivity index (χ3v) is 4.97. The van der Waals surface area contributed by atoms with Gasteiger partial charge in [-0.25, -0.2) is 4.98 Å². The normalized spacial score (nSPS) is 11.1. The third kappa shape index (κ3) is 4.77. The van der Waals surface area contributed by atoms with Crippen LogP contribution in [0.3, 0.4) is 0 Å². The molecule has 0 aliphatic carbocycles. The Morgan fingerprint density at radius 2 is 1.94 bits per heavy atom. The Hall–Kier alpha value is -4.01. The Labute approximate surface area is 189 Å². The molecule has 170 valence electrons. The smallest absolute Gasteiger partial charge is 0.387 e. The summed E-state index contributed by atoms with van der Waals surface area (Å²) in [6, 6.07) is 13.3. The lowest BCUT2D eigenvalue weighted by molar-refractivity contribution is -0.0514. The van der Waals surface area contributed by atoms with Gasteiger partial charge in [0.15, 0.2) is 11.5 Å². The van der Waals surface area contributed by atoms with Crippen LogP contribution in [0.15, 0.2) is 54.7 Å². The number of pyridine rings is 1. The first-order chi connectivity index (χ1) is 15.9. The molecule has 0 aliphatic heterocycles. The van der Waals surface area contributed by atoms with Gasteiger partial charge in [-0.2, -0.15) is 13.9 Å². The molecule has 0 bridgehead atoms. The minimum absolute atomic E-state index is 0.103. The Morgan fingerprint density at radius 1 is 1.15 bits per heavy atom. The molecule has 0 radical (unpaired) electrons. The molecule has 1 N–H and O–H groups in total. The molecule has 0 spiro atoms. The second kappa shape index (κ2) is 9.23. The van der Waals surface area contributed by atoms with E-state index in [-0.39, 0.29) is 24.0 Å². The molecule has 33 heavy (non-hydrogen) atoms. The van der Waals surface area contributed by atoms with Crippen LogP contribution in [0.1, 0.15) is 23.0 Å². The number of hydrogen-bond acceptors (Lipinski definition) is 5. The summed E-state index contributed by atoms with van der Waals surface area (Å²) in [6.07, 6.45) is 1.85. The van der Waals surface area contributed by atoms with Gasteiger partial charge in [0.2, 0.25) is 0 Å². The summed E-state index contributed by atoms with van der Waals surface area (Å²) in [7, 11) is 1.82. The summed E-state index contributed by atoms with van der Waals surface area (Å²) in [5, 5.41) is 7.86. The second-order valence-corrected chi connectivity index (χ2v) is 7.30. The van der Waals surface area contributed by atoms with Crippen LogP contribution in [-0.4, -0.2) is 33.9 Å². The molecular weight excluding hydrogens is 430 g/mol. The van der Waals surface area contributed by atoms with Crippen LogP contribution < -0.4 is 14.8 Å². The van der Waals surface area contributed by atoms with Gasteiger partial charge in [0.1, 0.15) is 0 Å². The fraction of sp³-hybridized carbons (Fsp3) is 0.208. The van der Waals surface area contributed by atoms with Crippen LogP contribution in [-0.2, 0) is 7.05 Å². The fourth-order valence-corrected chi connectivity index (χ4v) is 3.60. The van der Waals surface area contributed by atoms with E-state index in [4.69, 9.17) is 9.72 Å². The maximum atomic E-state index is 13.3. The number of benzene rings is 2. The van der Waals surface area contributed by atoms with Crippen molar-refractivity contribution in [3.8, 4) is 22.8 Å². The van der Waals surface area contributed by atoms with E-state index >= 15 is 0 Å². The number of amides is 1. The Kier molecular flexibility index (Phi) is 6.21. The highest BCUT2D eigenvalue weighted by molar-refractivity contribution is 6.13. The average Bonchev–Trinajstić information content (AvgIpc) is 3.12. The van der Waals surface area contributed by atoms with Gasteiger partial charge in [0, 0.05) is 35.9 Å². The highest BCUT2D eigenvalue weighted by atomic mass is 19.3. The number of para-hydroxylation sites is 1. The molecule has 2 heterocycles. The monoisotopic (exact) mass is 452 g/mol. The van der Waals surface area contributed by atoms with Crippen molar-refractivity contribution in [3.63, 3.8) is 0 Å². The highest BCUT2D eigenvalue weighted by Gasteiger charge is 2.18. The summed E-state index contributed by atoms with van der Waals surface area (Å²) < 4.78 is 36.9. The van der Waals surface area contributed by atoms with Crippen molar-refractivity contribution in [3.05, 3.63) is 66.0 Å². The van der Waals surface area contributed by atoms with Crippen LogP contribution in [0.2, 0.25) is 0 Å². The number of aromatic nitrogens is 3. The van der Waals surface area contributed by atoms with Gasteiger partial charge in [-0.15, -0.1) is 0 Å². The van der Waals surface area contributed by atoms with E-state index < -0.39 is 6.61 Å². The zero-order valence-corrected chi connectivity index (χ0v) is 18.3. The number of rotatable bonds is 7. The van der Waals surface area contributed by atoms with Gasteiger partial charge < -0.3 is 14.8 Å². The molecule has 4 aromatic rings. The van der Waals surface area contributed by atoms with Crippen molar-refractivity contribution in [1.82, 2.24) is 14.8 Å². The number of nitrogens with zero attached hydrogens (tertiary/aromatic N) is 3. The Balaban J connectivity index is 1.72. The molecule has 0 aliphatic rings. The highest BCUT2D eigenvalue weighted by Crippen LogP contribution is 2.33. The van der Waals surface area contributed by atoms with Gasteiger partial charge in [0.25, 0.3) is 5.91 Å². The van der Waals surface area contributed by atoms with Crippen molar-refractivity contribution in [2.24, 2.45) is 7.05 Å². The molecule has 0 fully saturated rings. The van der Waals surface area contributed by atoms with Crippen molar-refractivity contribution >= 4 is 22.5 Å². The van der Waals surface area contributed by atoms with Gasteiger partial charge in [-0.05, 0) is 38.1 Å². The summed E-state index contributed by atoms with van der Waals surface area (Å²) in [5.41, 5.74) is 3.71. The molecule has 4 rings (SSSR count). The third-order valence-electron chi connectivity index (χ3n) is 4.97. The van der Waals surface area contributed by atoms with E-state index in [1.807, 2.05) is 44.4 Å². The standard InChI is InChI=1S/C24H22F2N4O3/c1-4-32-22-11-15(9-10-21(22)33-24(25)26)27-23(31)17-12-20(18-13-30(3)29-14(18)2)28-19-8-6-5-7-16(17)19/h5-13,24H,4H2,1-3H3,(H,27,31). The van der Waals surface area contributed by atoms with Crippen LogP contribution in [0.4, 0.5) is 14.5 Å². The minimum Gasteiger partial charge on any atom is -0.490 e. The lowest BCUT2D eigenvalue weighted by Crippen LogP contribution is -2.13. The molecule has 7 nitrogen and oxygen atoms in total. The minimum atomic E-state index is -2.98. The number of halogens is 2. The van der Waals surface area contributed by atoms with Crippen LogP contribution in [0.25, 0.3) is 22.2 Å². The average molecular weight is 452 g/mol. The summed E-state index contributed by atoms with van der Waals surface area (Å²) in [4.78, 5) is 18.0. The van der Waals surface area contributed by atoms with Crippen LogP contribution in [0, 0.1) is 6.92 Å². The topological polar surface area (TPSA) is 78.3 Å². The van der Waals surface area contributed by atoms with Crippen molar-refractivity contribution < 1.29 is 23.0 Å². The number of ether oxygens (including phenoxy) is 2. The predicted molar refractivity (Wildman–Crippen MR) is 121 cm³/mol. The van der Waals surface area contributed by atoms with E-state index in [2.05, 4.69) is 15.2 Å². The molecule has 0 unspecified atom stereocenters. The quantitative estimate of drug-likeness (QED) is 0.417. The van der Waals surface area contributed by atoms with Gasteiger partial charge >= 0.3 is 6.61 Å². The summed E-state index contributed by atoms with van der Waals surface area (Å²) >= 11 is 0. The van der Waals surface area contributed by atoms with Crippen LogP contribution in [0.5, 0.6) is 11.5 Å². The molecule has 2 aromatic heterocycles. The molecule has 2 aromatic carbocycles. The summed E-state index contributed by atoms with van der Waals surface area (Å²) in [6.45, 7) is 0.870. The number of aryl methyl sites for hydroxylation is 2. The van der Waals surface area contributed by atoms with Crippen molar-refractivity contribution in [2.45, 2.75) is 20.5 Å². The number of alkyl halides is 2. The van der Waals surface area contributed by atoms with E-state index in [0.29, 0.717) is 27.8 Å². The zero-order valence-electron chi connectivity index (χ0n) is 18.3. The number of carbonyl (C=O) groups excluding carboxylic acids is 1. The Bertz CT molecular complexity index is 1320. The van der Waals surface area contributed by atoms with E-state index in [9.17, 15) is 13.6 Å². The lowest BCUT2D eigenvalue weighted by Gasteiger charge is -2.14. The number of hydrogen-bond donors (Lipinski definition) is 1. The van der Waals surface area contributed by atoms with Gasteiger partial charge in [-0.3, -0.25) is 9.48 Å². The van der Waals surface area contributed by atoms with E-state index in [1.54, 1.807) is 17.7 Å². The SMILES string of the molecule is CCOc1cc(NC(=O)c2cc(-c3cn(C)nc3C)nc3ccccc23)ccc1OC(F)F. The molecule has 0 saturated carbocycles. The fourth-order valence-electron chi connectivity index (χ4n) is 3.60. The maximum Gasteiger partial charge on any atom is 0.387 e. The number of anilines is 1. The van der Waals surface area contributed by atoms with Crippen molar-refractivity contribution in [1.29, 1.82) is 0 Å². The largest absolute Gasteiger partial charge is 0.490 e. The zero-order chi connectivity index (χ0) is 23.5. The number of fused-ring (bicyclic) bond motifs is 1. The van der Waals surface area contributed by atoms with E-state index in [1.165, 1.54) is 18.2 Å². The van der Waals surface area contributed by atoms with Crippen molar-refractivity contribution in [2.75, 3.05) is 11.9 Å². The number of nitrogens with one attached hydrogen (secondary N) is 1. The lowest BCUT2D eigenvalue weighted by atomic mass is 10.0. The van der Waals surface area contributed by atoms with E-state index in [0.717, 1.165) is 11.3 Å². The molecule has 1 amide bonds. The first-order valence-corrected chi connectivity index (χ1v) is 10.3. The van der Waals surface area contributed by atoms with Gasteiger partial charge in [-0.1, -0.05) is 18.2 Å². The Morgan fingerprint density at radius 3 is 2.64 bits per heavy atom. The number of carbonyl (C=O) groups is 1. The predicted octanol–water partition coefficient (Wildman–Crippen LogP) is 5.20. The molecular formula is C24H22F2N4O3. The second-order valence-electron chi connectivity index (χ2n) is 7.30. The first kappa shape index (κ1) is 22.2. The first-order valence-electron chi connectivity index (χ1n) is 10.3. The molecule has 0 atom stereocenters. The van der Waals surface area contributed by atoms with Gasteiger partial charge in [0.05, 0.1) is 29.1 Å². The molecule has 9 heteroatoms.